The molecule has 5 nitrogen and oxygen atoms in total. The minimum atomic E-state index is -0.287. The molecule has 2 rings (SSSR count). The van der Waals surface area contributed by atoms with Gasteiger partial charge in [0, 0.05) is 38.4 Å². The summed E-state index contributed by atoms with van der Waals surface area (Å²) >= 11 is 0. The molecule has 1 heterocycles. The maximum absolute atomic E-state index is 11.8. The van der Waals surface area contributed by atoms with Crippen molar-refractivity contribution in [1.82, 2.24) is 14.5 Å². The second kappa shape index (κ2) is 3.84. The Morgan fingerprint density at radius 1 is 1.41 bits per heavy atom. The zero-order valence-corrected chi connectivity index (χ0v) is 10.8. The lowest BCUT2D eigenvalue weighted by Gasteiger charge is -2.09. The molecule has 94 valence electrons. The summed E-state index contributed by atoms with van der Waals surface area (Å²) in [6.07, 6.45) is 2.76. The summed E-state index contributed by atoms with van der Waals surface area (Å²) in [5.41, 5.74) is 0.480. The molecule has 0 aliphatic heterocycles. The van der Waals surface area contributed by atoms with Gasteiger partial charge in [0.25, 0.3) is 5.56 Å². The highest BCUT2D eigenvalue weighted by atomic mass is 16.2. The van der Waals surface area contributed by atoms with Gasteiger partial charge in [-0.3, -0.25) is 9.36 Å². The molecular weight excluding hydrogens is 218 g/mol. The third kappa shape index (κ3) is 2.20. The maximum atomic E-state index is 11.8. The highest BCUT2D eigenvalue weighted by Crippen LogP contribution is 2.44. The summed E-state index contributed by atoms with van der Waals surface area (Å²) < 4.78 is 2.59. The van der Waals surface area contributed by atoms with Gasteiger partial charge in [0.1, 0.15) is 0 Å². The van der Waals surface area contributed by atoms with Gasteiger partial charge in [0.05, 0.1) is 0 Å². The van der Waals surface area contributed by atoms with Crippen LogP contribution < -0.4 is 16.6 Å². The Morgan fingerprint density at radius 2 is 2.00 bits per heavy atom. The molecule has 1 saturated carbocycles. The monoisotopic (exact) mass is 237 g/mol. The molecule has 17 heavy (non-hydrogen) atoms. The Hall–Kier alpha value is -1.36. The lowest BCUT2D eigenvalue weighted by Crippen LogP contribution is -2.39. The van der Waals surface area contributed by atoms with Gasteiger partial charge in [-0.2, -0.15) is 0 Å². The van der Waals surface area contributed by atoms with E-state index < -0.39 is 0 Å². The van der Waals surface area contributed by atoms with Crippen molar-refractivity contribution in [2.45, 2.75) is 32.9 Å². The molecule has 0 aromatic carbocycles. The van der Waals surface area contributed by atoms with E-state index in [2.05, 4.69) is 19.2 Å². The topological polar surface area (TPSA) is 56.0 Å². The molecule has 1 fully saturated rings. The van der Waals surface area contributed by atoms with Crippen LogP contribution in [0.4, 0.5) is 0 Å². The van der Waals surface area contributed by atoms with E-state index in [1.165, 1.54) is 11.6 Å². The first kappa shape index (κ1) is 12.1. The minimum absolute atomic E-state index is 0.209. The molecule has 0 bridgehead atoms. The van der Waals surface area contributed by atoms with Gasteiger partial charge in [0.2, 0.25) is 0 Å². The molecule has 1 N–H and O–H groups in total. The van der Waals surface area contributed by atoms with Crippen molar-refractivity contribution in [3.05, 3.63) is 32.6 Å². The first-order valence-corrected chi connectivity index (χ1v) is 5.82. The first-order valence-electron chi connectivity index (χ1n) is 5.82. The number of nitrogens with zero attached hydrogens (tertiary/aromatic N) is 2. The first-order chi connectivity index (χ1) is 7.83. The third-order valence-electron chi connectivity index (χ3n) is 3.57. The average molecular weight is 237 g/mol. The Kier molecular flexibility index (Phi) is 2.73. The number of hydrogen-bond acceptors (Lipinski definition) is 3. The average Bonchev–Trinajstić information content (AvgIpc) is 2.87. The van der Waals surface area contributed by atoms with Gasteiger partial charge >= 0.3 is 5.69 Å². The van der Waals surface area contributed by atoms with Gasteiger partial charge in [-0.15, -0.1) is 0 Å². The third-order valence-corrected chi connectivity index (χ3v) is 3.57. The van der Waals surface area contributed by atoms with Crippen LogP contribution in [0.3, 0.4) is 0 Å². The second-order valence-corrected chi connectivity index (χ2v) is 5.54. The van der Waals surface area contributed by atoms with Gasteiger partial charge in [-0.05, 0) is 11.8 Å². The summed E-state index contributed by atoms with van der Waals surface area (Å²) in [4.78, 5) is 23.3. The van der Waals surface area contributed by atoms with Crippen LogP contribution in [-0.2, 0) is 20.6 Å². The van der Waals surface area contributed by atoms with E-state index in [0.29, 0.717) is 23.6 Å². The molecule has 1 aromatic heterocycles. The fourth-order valence-corrected chi connectivity index (χ4v) is 2.05. The highest BCUT2D eigenvalue weighted by molar-refractivity contribution is 5.08. The van der Waals surface area contributed by atoms with Crippen LogP contribution in [0.5, 0.6) is 0 Å². The zero-order valence-electron chi connectivity index (χ0n) is 10.8. The van der Waals surface area contributed by atoms with Crippen molar-refractivity contribution in [2.24, 2.45) is 19.5 Å². The Morgan fingerprint density at radius 3 is 2.53 bits per heavy atom. The molecule has 0 radical (unpaired) electrons. The number of aryl methyl sites for hydroxylation is 1. The van der Waals surface area contributed by atoms with E-state index in [9.17, 15) is 9.59 Å². The van der Waals surface area contributed by atoms with Gasteiger partial charge < -0.3 is 9.88 Å². The van der Waals surface area contributed by atoms with Crippen LogP contribution in [0.2, 0.25) is 0 Å². The van der Waals surface area contributed by atoms with Crippen molar-refractivity contribution in [3.8, 4) is 0 Å². The standard InChI is InChI=1S/C12H19N3O2/c1-12(2)5-9(12)13-6-8-7-14(3)11(17)15(4)10(8)16/h7,9,13H,5-6H2,1-4H3. The summed E-state index contributed by atoms with van der Waals surface area (Å²) in [5, 5.41) is 3.35. The number of nitrogens with one attached hydrogen (secondary N) is 1. The van der Waals surface area contributed by atoms with Crippen LogP contribution in [-0.4, -0.2) is 15.2 Å². The van der Waals surface area contributed by atoms with Gasteiger partial charge in [-0.25, -0.2) is 4.79 Å². The maximum Gasteiger partial charge on any atom is 0.330 e. The van der Waals surface area contributed by atoms with E-state index in [4.69, 9.17) is 0 Å². The van der Waals surface area contributed by atoms with Crippen molar-refractivity contribution >= 4 is 0 Å². The SMILES string of the molecule is Cn1cc(CNC2CC2(C)C)c(=O)n(C)c1=O. The fraction of sp³-hybridized carbons (Fsp3) is 0.667. The number of hydrogen-bond donors (Lipinski definition) is 1. The largest absolute Gasteiger partial charge is 0.330 e. The van der Waals surface area contributed by atoms with Crippen molar-refractivity contribution in [1.29, 1.82) is 0 Å². The molecular formula is C12H19N3O2. The normalized spacial score (nSPS) is 21.5. The predicted molar refractivity (Wildman–Crippen MR) is 65.9 cm³/mol. The molecule has 1 aromatic rings. The predicted octanol–water partition coefficient (Wildman–Crippen LogP) is -0.0279. The van der Waals surface area contributed by atoms with Gasteiger partial charge in [0.15, 0.2) is 0 Å². The van der Waals surface area contributed by atoms with Crippen LogP contribution in [0, 0.1) is 5.41 Å². The molecule has 1 unspecified atom stereocenters. The Labute approximate surface area is 100 Å². The molecule has 1 atom stereocenters. The van der Waals surface area contributed by atoms with E-state index in [1.54, 1.807) is 13.2 Å². The van der Waals surface area contributed by atoms with E-state index in [1.807, 2.05) is 0 Å². The van der Waals surface area contributed by atoms with Crippen LogP contribution in [0.1, 0.15) is 25.8 Å². The zero-order chi connectivity index (χ0) is 12.8. The Bertz CT molecular complexity index is 554. The summed E-state index contributed by atoms with van der Waals surface area (Å²) in [7, 11) is 3.17. The quantitative estimate of drug-likeness (QED) is 0.803. The van der Waals surface area contributed by atoms with Crippen molar-refractivity contribution in [3.63, 3.8) is 0 Å². The smallest absolute Gasteiger partial charge is 0.309 e. The van der Waals surface area contributed by atoms with Crippen molar-refractivity contribution in [2.75, 3.05) is 0 Å². The number of rotatable bonds is 3. The minimum Gasteiger partial charge on any atom is -0.309 e. The molecule has 5 heteroatoms. The molecule has 1 aliphatic carbocycles. The molecule has 0 spiro atoms. The van der Waals surface area contributed by atoms with Crippen LogP contribution >= 0.6 is 0 Å². The summed E-state index contributed by atoms with van der Waals surface area (Å²) in [6, 6.07) is 0.476. The van der Waals surface area contributed by atoms with E-state index in [-0.39, 0.29) is 11.2 Å². The lowest BCUT2D eigenvalue weighted by atomic mass is 10.2. The molecule has 1 aliphatic rings. The molecule has 0 saturated heterocycles. The van der Waals surface area contributed by atoms with E-state index >= 15 is 0 Å². The second-order valence-electron chi connectivity index (χ2n) is 5.54. The van der Waals surface area contributed by atoms with Crippen molar-refractivity contribution < 1.29 is 0 Å². The van der Waals surface area contributed by atoms with E-state index in [0.717, 1.165) is 11.0 Å². The Balaban J connectivity index is 2.17. The summed E-state index contributed by atoms with van der Waals surface area (Å²) in [6.45, 7) is 4.92. The van der Waals surface area contributed by atoms with Crippen LogP contribution in [0.15, 0.2) is 15.8 Å². The fourth-order valence-electron chi connectivity index (χ4n) is 2.05. The van der Waals surface area contributed by atoms with Crippen LogP contribution in [0.25, 0.3) is 0 Å². The summed E-state index contributed by atoms with van der Waals surface area (Å²) in [5.74, 6) is 0. The molecule has 0 amide bonds. The highest BCUT2D eigenvalue weighted by Gasteiger charge is 2.45. The lowest BCUT2D eigenvalue weighted by molar-refractivity contribution is 0.535. The van der Waals surface area contributed by atoms with Gasteiger partial charge in [-0.1, -0.05) is 13.8 Å². The number of aromatic nitrogens is 2.